The lowest BCUT2D eigenvalue weighted by atomic mass is 10.1. The van der Waals surface area contributed by atoms with Crippen molar-refractivity contribution in [3.05, 3.63) is 17.7 Å². The molecule has 1 amide bonds. The van der Waals surface area contributed by atoms with Crippen LogP contribution in [0.2, 0.25) is 0 Å². The van der Waals surface area contributed by atoms with Gasteiger partial charge in [-0.2, -0.15) is 0 Å². The largest absolute Gasteiger partial charge is 0.493 e. The van der Waals surface area contributed by atoms with Gasteiger partial charge in [0.2, 0.25) is 5.75 Å². The van der Waals surface area contributed by atoms with E-state index in [1.807, 2.05) is 14.1 Å². The Kier molecular flexibility index (Phi) is 6.81. The molecule has 1 aromatic carbocycles. The Bertz CT molecular complexity index is 475. The summed E-state index contributed by atoms with van der Waals surface area (Å²) in [5.74, 6) is 1.13. The number of carbonyl (C=O) groups is 1. The van der Waals surface area contributed by atoms with E-state index in [1.54, 1.807) is 12.1 Å². The van der Waals surface area contributed by atoms with Gasteiger partial charge in [-0.15, -0.1) is 0 Å². The highest BCUT2D eigenvalue weighted by Gasteiger charge is 2.20. The summed E-state index contributed by atoms with van der Waals surface area (Å²) in [6, 6.07) is 3.36. The average Bonchev–Trinajstić information content (AvgIpc) is 2.49. The minimum absolute atomic E-state index is 0.188. The molecule has 1 rings (SSSR count). The first-order valence-corrected chi connectivity index (χ1v) is 6.77. The molecule has 0 atom stereocenters. The summed E-state index contributed by atoms with van der Waals surface area (Å²) in [5, 5.41) is 2.88. The zero-order chi connectivity index (χ0) is 15.8. The van der Waals surface area contributed by atoms with Crippen molar-refractivity contribution >= 4 is 5.91 Å². The van der Waals surface area contributed by atoms with Gasteiger partial charge in [-0.1, -0.05) is 0 Å². The highest BCUT2D eigenvalue weighted by molar-refractivity contribution is 5.98. The summed E-state index contributed by atoms with van der Waals surface area (Å²) in [5.41, 5.74) is 0.431. The summed E-state index contributed by atoms with van der Waals surface area (Å²) < 4.78 is 15.8. The average molecular weight is 296 g/mol. The summed E-state index contributed by atoms with van der Waals surface area (Å²) in [7, 11) is 8.55. The number of rotatable bonds is 8. The van der Waals surface area contributed by atoms with Crippen LogP contribution in [0.1, 0.15) is 16.8 Å². The van der Waals surface area contributed by atoms with E-state index >= 15 is 0 Å². The maximum atomic E-state index is 12.2. The molecule has 0 aromatic heterocycles. The minimum Gasteiger partial charge on any atom is -0.493 e. The van der Waals surface area contributed by atoms with E-state index in [-0.39, 0.29) is 5.91 Å². The summed E-state index contributed by atoms with van der Waals surface area (Å²) in [6.45, 7) is 1.53. The van der Waals surface area contributed by atoms with Crippen molar-refractivity contribution in [1.82, 2.24) is 10.2 Å². The third kappa shape index (κ3) is 4.53. The monoisotopic (exact) mass is 296 g/mol. The van der Waals surface area contributed by atoms with Gasteiger partial charge in [0.25, 0.3) is 5.91 Å². The zero-order valence-electron chi connectivity index (χ0n) is 13.4. The van der Waals surface area contributed by atoms with Crippen molar-refractivity contribution in [3.63, 3.8) is 0 Å². The van der Waals surface area contributed by atoms with Crippen LogP contribution in [0.5, 0.6) is 17.2 Å². The highest BCUT2D eigenvalue weighted by Crippen LogP contribution is 2.39. The number of hydrogen-bond acceptors (Lipinski definition) is 5. The molecule has 0 saturated carbocycles. The molecular weight excluding hydrogens is 272 g/mol. The van der Waals surface area contributed by atoms with Crippen LogP contribution in [-0.4, -0.2) is 59.3 Å². The van der Waals surface area contributed by atoms with Gasteiger partial charge >= 0.3 is 0 Å². The number of hydrogen-bond donors (Lipinski definition) is 1. The number of nitrogens with zero attached hydrogens (tertiary/aromatic N) is 1. The molecule has 1 aromatic rings. The van der Waals surface area contributed by atoms with E-state index in [9.17, 15) is 4.79 Å². The number of carbonyl (C=O) groups excluding carboxylic acids is 1. The van der Waals surface area contributed by atoms with Gasteiger partial charge in [0.05, 0.1) is 26.9 Å². The van der Waals surface area contributed by atoms with Gasteiger partial charge < -0.3 is 24.4 Å². The fraction of sp³-hybridized carbons (Fsp3) is 0.533. The van der Waals surface area contributed by atoms with E-state index in [4.69, 9.17) is 14.2 Å². The molecule has 0 saturated heterocycles. The molecule has 118 valence electrons. The lowest BCUT2D eigenvalue weighted by Crippen LogP contribution is -2.27. The van der Waals surface area contributed by atoms with E-state index < -0.39 is 0 Å². The number of methoxy groups -OCH3 is 3. The quantitative estimate of drug-likeness (QED) is 0.735. The van der Waals surface area contributed by atoms with Crippen LogP contribution in [0, 0.1) is 0 Å². The molecule has 0 aliphatic heterocycles. The second-order valence-corrected chi connectivity index (χ2v) is 4.79. The van der Waals surface area contributed by atoms with Crippen molar-refractivity contribution in [2.24, 2.45) is 0 Å². The van der Waals surface area contributed by atoms with Crippen molar-refractivity contribution in [2.45, 2.75) is 6.42 Å². The molecule has 0 spiro atoms. The Morgan fingerprint density at radius 1 is 1.10 bits per heavy atom. The van der Waals surface area contributed by atoms with Crippen LogP contribution in [0.4, 0.5) is 0 Å². The minimum atomic E-state index is -0.188. The smallest absolute Gasteiger partial charge is 0.255 e. The molecule has 0 unspecified atom stereocenters. The summed E-state index contributed by atoms with van der Waals surface area (Å²) >= 11 is 0. The van der Waals surface area contributed by atoms with Crippen LogP contribution >= 0.6 is 0 Å². The Labute approximate surface area is 126 Å². The SMILES string of the molecule is COc1ccc(C(=O)NCCCN(C)C)c(OC)c1OC. The van der Waals surface area contributed by atoms with E-state index in [0.717, 1.165) is 13.0 Å². The van der Waals surface area contributed by atoms with Crippen molar-refractivity contribution < 1.29 is 19.0 Å². The maximum Gasteiger partial charge on any atom is 0.255 e. The van der Waals surface area contributed by atoms with Gasteiger partial charge in [0.1, 0.15) is 0 Å². The van der Waals surface area contributed by atoms with Crippen molar-refractivity contribution in [3.8, 4) is 17.2 Å². The molecule has 6 heteroatoms. The zero-order valence-corrected chi connectivity index (χ0v) is 13.4. The Hall–Kier alpha value is -1.95. The van der Waals surface area contributed by atoms with Crippen LogP contribution in [0.25, 0.3) is 0 Å². The number of benzene rings is 1. The first-order chi connectivity index (χ1) is 10.0. The van der Waals surface area contributed by atoms with Gasteiger partial charge in [0, 0.05) is 6.54 Å². The molecule has 0 radical (unpaired) electrons. The first-order valence-electron chi connectivity index (χ1n) is 6.77. The molecule has 0 fully saturated rings. The first kappa shape index (κ1) is 17.1. The summed E-state index contributed by atoms with van der Waals surface area (Å²) in [4.78, 5) is 14.3. The second-order valence-electron chi connectivity index (χ2n) is 4.79. The maximum absolute atomic E-state index is 12.2. The third-order valence-corrected chi connectivity index (χ3v) is 3.02. The fourth-order valence-corrected chi connectivity index (χ4v) is 1.97. The fourth-order valence-electron chi connectivity index (χ4n) is 1.97. The molecule has 0 heterocycles. The Morgan fingerprint density at radius 3 is 2.29 bits per heavy atom. The van der Waals surface area contributed by atoms with Crippen molar-refractivity contribution in [1.29, 1.82) is 0 Å². The highest BCUT2D eigenvalue weighted by atomic mass is 16.5. The number of amides is 1. The predicted octanol–water partition coefficient (Wildman–Crippen LogP) is 1.39. The van der Waals surface area contributed by atoms with Gasteiger partial charge in [-0.05, 0) is 39.2 Å². The van der Waals surface area contributed by atoms with Crippen LogP contribution in [-0.2, 0) is 0 Å². The molecule has 21 heavy (non-hydrogen) atoms. The molecular formula is C15H24N2O4. The Morgan fingerprint density at radius 2 is 1.76 bits per heavy atom. The van der Waals surface area contributed by atoms with E-state index in [1.165, 1.54) is 21.3 Å². The summed E-state index contributed by atoms with van der Waals surface area (Å²) in [6.07, 6.45) is 0.883. The Balaban J connectivity index is 2.84. The van der Waals surface area contributed by atoms with Crippen LogP contribution in [0.3, 0.4) is 0 Å². The lowest BCUT2D eigenvalue weighted by molar-refractivity contribution is 0.0948. The molecule has 6 nitrogen and oxygen atoms in total. The number of nitrogens with one attached hydrogen (secondary N) is 1. The standard InChI is InChI=1S/C15H24N2O4/c1-17(2)10-6-9-16-15(18)11-7-8-12(19-3)14(21-5)13(11)20-4/h7-8H,6,9-10H2,1-5H3,(H,16,18). The molecule has 1 N–H and O–H groups in total. The lowest BCUT2D eigenvalue weighted by Gasteiger charge is -2.15. The molecule has 0 aliphatic carbocycles. The normalized spacial score (nSPS) is 10.4. The number of ether oxygens (including phenoxy) is 3. The third-order valence-electron chi connectivity index (χ3n) is 3.02. The van der Waals surface area contributed by atoms with E-state index in [0.29, 0.717) is 29.4 Å². The van der Waals surface area contributed by atoms with Gasteiger partial charge in [-0.3, -0.25) is 4.79 Å². The van der Waals surface area contributed by atoms with Crippen LogP contribution < -0.4 is 19.5 Å². The topological polar surface area (TPSA) is 60.0 Å². The molecule has 0 bridgehead atoms. The van der Waals surface area contributed by atoms with Crippen molar-refractivity contribution in [2.75, 3.05) is 48.5 Å². The van der Waals surface area contributed by atoms with E-state index in [2.05, 4.69) is 10.2 Å². The molecule has 0 aliphatic rings. The second kappa shape index (κ2) is 8.36. The van der Waals surface area contributed by atoms with Gasteiger partial charge in [0.15, 0.2) is 11.5 Å². The van der Waals surface area contributed by atoms with Crippen LogP contribution in [0.15, 0.2) is 12.1 Å². The van der Waals surface area contributed by atoms with Gasteiger partial charge in [-0.25, -0.2) is 0 Å². The predicted molar refractivity (Wildman–Crippen MR) is 81.6 cm³/mol.